The Morgan fingerprint density at radius 2 is 2.10 bits per heavy atom. The SMILES string of the molecule is Cn1nccc1S(=O)(=O)N1CCC(C(=O)O)(C(F)(F)F)C1. The molecular formula is C10H12F3N3O4S. The zero-order chi connectivity index (χ0) is 16.1. The Morgan fingerprint density at radius 3 is 2.48 bits per heavy atom. The highest BCUT2D eigenvalue weighted by Crippen LogP contribution is 2.46. The number of hydrogen-bond donors (Lipinski definition) is 1. The van der Waals surface area contributed by atoms with E-state index < -0.39 is 47.1 Å². The summed E-state index contributed by atoms with van der Waals surface area (Å²) in [5, 5.41) is 12.3. The summed E-state index contributed by atoms with van der Waals surface area (Å²) in [5.74, 6) is -2.07. The van der Waals surface area contributed by atoms with E-state index in [9.17, 15) is 26.4 Å². The fourth-order valence-corrected chi connectivity index (χ4v) is 3.85. The van der Waals surface area contributed by atoms with Gasteiger partial charge in [-0.2, -0.15) is 22.6 Å². The predicted molar refractivity (Wildman–Crippen MR) is 62.7 cm³/mol. The molecule has 0 amide bonds. The van der Waals surface area contributed by atoms with E-state index in [4.69, 9.17) is 5.11 Å². The van der Waals surface area contributed by atoms with Gasteiger partial charge in [0.25, 0.3) is 10.0 Å². The number of carboxylic acid groups (broad SMARTS) is 1. The summed E-state index contributed by atoms with van der Waals surface area (Å²) < 4.78 is 65.1. The first-order valence-corrected chi connectivity index (χ1v) is 7.25. The van der Waals surface area contributed by atoms with Gasteiger partial charge in [0, 0.05) is 20.1 Å². The molecule has 2 rings (SSSR count). The van der Waals surface area contributed by atoms with Crippen molar-refractivity contribution >= 4 is 16.0 Å². The highest BCUT2D eigenvalue weighted by atomic mass is 32.2. The maximum Gasteiger partial charge on any atom is 0.406 e. The van der Waals surface area contributed by atoms with Gasteiger partial charge in [-0.15, -0.1) is 0 Å². The first-order valence-electron chi connectivity index (χ1n) is 5.81. The number of aryl methyl sites for hydroxylation is 1. The van der Waals surface area contributed by atoms with Gasteiger partial charge in [0.2, 0.25) is 0 Å². The molecule has 0 saturated carbocycles. The summed E-state index contributed by atoms with van der Waals surface area (Å²) in [4.78, 5) is 11.0. The molecule has 7 nitrogen and oxygen atoms in total. The van der Waals surface area contributed by atoms with E-state index in [-0.39, 0.29) is 5.03 Å². The van der Waals surface area contributed by atoms with Gasteiger partial charge in [0.05, 0.1) is 6.20 Å². The molecule has 11 heteroatoms. The van der Waals surface area contributed by atoms with Crippen molar-refractivity contribution in [3.8, 4) is 0 Å². The second-order valence-corrected chi connectivity index (χ2v) is 6.65. The zero-order valence-electron chi connectivity index (χ0n) is 10.8. The van der Waals surface area contributed by atoms with E-state index in [0.29, 0.717) is 4.31 Å². The van der Waals surface area contributed by atoms with Crippen LogP contribution in [0.3, 0.4) is 0 Å². The van der Waals surface area contributed by atoms with Crippen LogP contribution in [-0.4, -0.2) is 52.8 Å². The fraction of sp³-hybridized carbons (Fsp3) is 0.600. The Hall–Kier alpha value is -1.62. The number of nitrogens with zero attached hydrogens (tertiary/aromatic N) is 3. The summed E-state index contributed by atoms with van der Waals surface area (Å²) >= 11 is 0. The van der Waals surface area contributed by atoms with Crippen LogP contribution in [0.4, 0.5) is 13.2 Å². The Balaban J connectivity index is 2.39. The number of aromatic nitrogens is 2. The topological polar surface area (TPSA) is 92.5 Å². The van der Waals surface area contributed by atoms with Crippen molar-refractivity contribution in [1.29, 1.82) is 0 Å². The minimum atomic E-state index is -5.03. The first kappa shape index (κ1) is 15.8. The van der Waals surface area contributed by atoms with E-state index in [2.05, 4.69) is 5.10 Å². The van der Waals surface area contributed by atoms with Crippen LogP contribution >= 0.6 is 0 Å². The lowest BCUT2D eigenvalue weighted by molar-refractivity contribution is -0.226. The molecule has 1 aromatic heterocycles. The molecule has 1 N–H and O–H groups in total. The minimum absolute atomic E-state index is 0.286. The van der Waals surface area contributed by atoms with Crippen LogP contribution in [0.25, 0.3) is 0 Å². The van der Waals surface area contributed by atoms with Crippen LogP contribution < -0.4 is 0 Å². The Labute approximate surface area is 118 Å². The van der Waals surface area contributed by atoms with Crippen LogP contribution in [0, 0.1) is 5.41 Å². The third kappa shape index (κ3) is 2.29. The smallest absolute Gasteiger partial charge is 0.406 e. The third-order valence-corrected chi connectivity index (χ3v) is 5.49. The van der Waals surface area contributed by atoms with Crippen molar-refractivity contribution in [3.63, 3.8) is 0 Å². The van der Waals surface area contributed by atoms with Crippen LogP contribution in [0.2, 0.25) is 0 Å². The molecule has 1 fully saturated rings. The maximum atomic E-state index is 13.0. The molecule has 0 spiro atoms. The Bertz CT molecular complexity index is 669. The summed E-state index contributed by atoms with van der Waals surface area (Å²) in [7, 11) is -2.89. The van der Waals surface area contributed by atoms with Crippen molar-refractivity contribution < 1.29 is 31.5 Å². The van der Waals surface area contributed by atoms with Crippen molar-refractivity contribution in [2.45, 2.75) is 17.6 Å². The van der Waals surface area contributed by atoms with Crippen molar-refractivity contribution in [1.82, 2.24) is 14.1 Å². The Morgan fingerprint density at radius 1 is 1.48 bits per heavy atom. The number of carboxylic acids is 1. The quantitative estimate of drug-likeness (QED) is 0.870. The van der Waals surface area contributed by atoms with Crippen LogP contribution in [-0.2, 0) is 21.9 Å². The van der Waals surface area contributed by atoms with Crippen molar-refractivity contribution in [3.05, 3.63) is 12.3 Å². The molecule has 1 atom stereocenters. The summed E-state index contributed by atoms with van der Waals surface area (Å²) in [6.07, 6.45) is -4.66. The highest BCUT2D eigenvalue weighted by Gasteiger charge is 2.65. The first-order chi connectivity index (χ1) is 9.52. The van der Waals surface area contributed by atoms with Gasteiger partial charge in [-0.1, -0.05) is 0 Å². The van der Waals surface area contributed by atoms with Crippen LogP contribution in [0.15, 0.2) is 17.3 Å². The van der Waals surface area contributed by atoms with Crippen molar-refractivity contribution in [2.24, 2.45) is 12.5 Å². The molecule has 1 saturated heterocycles. The molecule has 0 aromatic carbocycles. The monoisotopic (exact) mass is 327 g/mol. The fourth-order valence-electron chi connectivity index (χ4n) is 2.25. The van der Waals surface area contributed by atoms with E-state index in [1.54, 1.807) is 0 Å². The average Bonchev–Trinajstić information content (AvgIpc) is 2.94. The van der Waals surface area contributed by atoms with Gasteiger partial charge < -0.3 is 5.11 Å². The molecule has 1 aliphatic rings. The molecule has 0 aliphatic carbocycles. The summed E-state index contributed by atoms with van der Waals surface area (Å²) in [6.45, 7) is -1.65. The highest BCUT2D eigenvalue weighted by molar-refractivity contribution is 7.89. The second kappa shape index (κ2) is 4.70. The number of sulfonamides is 1. The van der Waals surface area contributed by atoms with Crippen molar-refractivity contribution in [2.75, 3.05) is 13.1 Å². The predicted octanol–water partition coefficient (Wildman–Crippen LogP) is 0.448. The number of hydrogen-bond acceptors (Lipinski definition) is 4. The number of rotatable bonds is 3. The number of alkyl halides is 3. The summed E-state index contributed by atoms with van der Waals surface area (Å²) in [6, 6.07) is 1.14. The van der Waals surface area contributed by atoms with E-state index in [0.717, 1.165) is 10.7 Å². The normalized spacial score (nSPS) is 24.4. The van der Waals surface area contributed by atoms with E-state index in [1.807, 2.05) is 0 Å². The summed E-state index contributed by atoms with van der Waals surface area (Å²) in [5.41, 5.74) is -3.07. The lowest BCUT2D eigenvalue weighted by atomic mass is 9.86. The van der Waals surface area contributed by atoms with Gasteiger partial charge in [-0.05, 0) is 12.5 Å². The number of halogens is 3. The average molecular weight is 327 g/mol. The largest absolute Gasteiger partial charge is 0.481 e. The molecule has 1 aromatic rings. The second-order valence-electron chi connectivity index (χ2n) is 4.77. The Kier molecular flexibility index (Phi) is 3.53. The standard InChI is InChI=1S/C10H12F3N3O4S/c1-15-7(2-4-14-15)21(19,20)16-5-3-9(6-16,8(17)18)10(11,12)13/h2,4H,3,5-6H2,1H3,(H,17,18). The van der Waals surface area contributed by atoms with Gasteiger partial charge in [-0.3, -0.25) is 9.48 Å². The molecule has 118 valence electrons. The lowest BCUT2D eigenvalue weighted by Crippen LogP contribution is -2.47. The van der Waals surface area contributed by atoms with Gasteiger partial charge in [0.15, 0.2) is 10.4 Å². The molecule has 2 heterocycles. The zero-order valence-corrected chi connectivity index (χ0v) is 11.6. The molecular weight excluding hydrogens is 315 g/mol. The number of carbonyl (C=O) groups is 1. The molecule has 21 heavy (non-hydrogen) atoms. The third-order valence-electron chi connectivity index (χ3n) is 3.57. The lowest BCUT2D eigenvalue weighted by Gasteiger charge is -2.27. The molecule has 0 radical (unpaired) electrons. The number of aliphatic carboxylic acids is 1. The van der Waals surface area contributed by atoms with E-state index >= 15 is 0 Å². The van der Waals surface area contributed by atoms with Gasteiger partial charge in [-0.25, -0.2) is 8.42 Å². The van der Waals surface area contributed by atoms with Gasteiger partial charge in [0.1, 0.15) is 0 Å². The minimum Gasteiger partial charge on any atom is -0.481 e. The van der Waals surface area contributed by atoms with Gasteiger partial charge >= 0.3 is 12.1 Å². The van der Waals surface area contributed by atoms with Crippen LogP contribution in [0.5, 0.6) is 0 Å². The maximum absolute atomic E-state index is 13.0. The molecule has 1 unspecified atom stereocenters. The van der Waals surface area contributed by atoms with Crippen LogP contribution in [0.1, 0.15) is 6.42 Å². The van der Waals surface area contributed by atoms with E-state index in [1.165, 1.54) is 13.2 Å². The molecule has 1 aliphatic heterocycles. The molecule has 0 bridgehead atoms.